The summed E-state index contributed by atoms with van der Waals surface area (Å²) < 4.78 is 6.62. The average Bonchev–Trinajstić information content (AvgIpc) is 3.35. The number of hydrogen-bond donors (Lipinski definition) is 1. The minimum Gasteiger partial charge on any atom is -0.360 e. The number of fused-ring (bicyclic) bond motifs is 3. The number of aryl methyl sites for hydroxylation is 2. The number of nitrogens with one attached hydrogen (secondary N) is 1. The molecule has 1 amide bonds. The molecule has 0 aliphatic heterocycles. The van der Waals surface area contributed by atoms with Crippen LogP contribution >= 0.6 is 23.1 Å². The van der Waals surface area contributed by atoms with E-state index < -0.39 is 0 Å². The maximum Gasteiger partial charge on any atom is 0.267 e. The Kier molecular flexibility index (Phi) is 5.60. The molecule has 164 valence electrons. The minimum absolute atomic E-state index is 0.0664. The molecule has 0 unspecified atom stereocenters. The Morgan fingerprint density at radius 1 is 1.34 bits per heavy atom. The lowest BCUT2D eigenvalue weighted by Crippen LogP contribution is -2.23. The van der Waals surface area contributed by atoms with Crippen LogP contribution in [0.3, 0.4) is 0 Å². The number of anilines is 1. The summed E-state index contributed by atoms with van der Waals surface area (Å²) >= 11 is 2.85. The third-order valence-electron chi connectivity index (χ3n) is 5.54. The van der Waals surface area contributed by atoms with Gasteiger partial charge in [-0.3, -0.25) is 14.2 Å². The predicted molar refractivity (Wildman–Crippen MR) is 127 cm³/mol. The molecule has 1 aromatic carbocycles. The summed E-state index contributed by atoms with van der Waals surface area (Å²) in [6, 6.07) is 11.1. The first-order valence-corrected chi connectivity index (χ1v) is 12.3. The van der Waals surface area contributed by atoms with Gasteiger partial charge in [0.25, 0.3) is 5.56 Å². The molecule has 4 aromatic rings. The van der Waals surface area contributed by atoms with E-state index in [1.807, 2.05) is 30.3 Å². The molecule has 0 radical (unpaired) electrons. The number of benzene rings is 1. The molecule has 0 bridgehead atoms. The van der Waals surface area contributed by atoms with Crippen LogP contribution in [-0.4, -0.2) is 26.4 Å². The molecule has 1 N–H and O–H groups in total. The van der Waals surface area contributed by atoms with Crippen molar-refractivity contribution in [2.75, 3.05) is 11.1 Å². The van der Waals surface area contributed by atoms with E-state index in [4.69, 9.17) is 9.51 Å². The average molecular weight is 467 g/mol. The van der Waals surface area contributed by atoms with Gasteiger partial charge in [0, 0.05) is 10.9 Å². The van der Waals surface area contributed by atoms with Crippen molar-refractivity contribution in [1.29, 1.82) is 0 Å². The maximum absolute atomic E-state index is 13.7. The van der Waals surface area contributed by atoms with E-state index in [9.17, 15) is 9.59 Å². The fourth-order valence-corrected chi connectivity index (χ4v) is 6.24. The molecule has 0 saturated carbocycles. The van der Waals surface area contributed by atoms with Gasteiger partial charge in [-0.2, -0.15) is 0 Å². The van der Waals surface area contributed by atoms with Gasteiger partial charge in [0.15, 0.2) is 11.0 Å². The highest BCUT2D eigenvalue weighted by Crippen LogP contribution is 2.37. The van der Waals surface area contributed by atoms with E-state index in [1.54, 1.807) is 28.9 Å². The molecule has 0 spiro atoms. The van der Waals surface area contributed by atoms with Crippen molar-refractivity contribution in [3.63, 3.8) is 0 Å². The van der Waals surface area contributed by atoms with Gasteiger partial charge in [-0.25, -0.2) is 4.98 Å². The number of amides is 1. The van der Waals surface area contributed by atoms with E-state index in [2.05, 4.69) is 17.4 Å². The lowest BCUT2D eigenvalue weighted by atomic mass is 9.89. The Balaban J connectivity index is 1.53. The smallest absolute Gasteiger partial charge is 0.267 e. The molecule has 32 heavy (non-hydrogen) atoms. The molecular weight excluding hydrogens is 444 g/mol. The number of rotatable bonds is 5. The summed E-state index contributed by atoms with van der Waals surface area (Å²) in [6.07, 6.45) is 2.99. The van der Waals surface area contributed by atoms with Crippen molar-refractivity contribution in [3.05, 3.63) is 63.0 Å². The third-order valence-corrected chi connectivity index (χ3v) is 7.63. The van der Waals surface area contributed by atoms with Crippen LogP contribution in [0.1, 0.15) is 29.5 Å². The second-order valence-corrected chi connectivity index (χ2v) is 10.1. The van der Waals surface area contributed by atoms with Gasteiger partial charge in [0.2, 0.25) is 5.91 Å². The van der Waals surface area contributed by atoms with E-state index in [0.29, 0.717) is 22.7 Å². The first kappa shape index (κ1) is 21.0. The fourth-order valence-electron chi connectivity index (χ4n) is 4.01. The molecule has 1 atom stereocenters. The van der Waals surface area contributed by atoms with Crippen LogP contribution in [-0.2, 0) is 17.6 Å². The number of nitrogens with zero attached hydrogens (tertiary/aromatic N) is 3. The molecule has 5 rings (SSSR count). The van der Waals surface area contributed by atoms with Gasteiger partial charge in [-0.1, -0.05) is 42.0 Å². The summed E-state index contributed by atoms with van der Waals surface area (Å²) in [6.45, 7) is 4.01. The second kappa shape index (κ2) is 8.55. The zero-order valence-electron chi connectivity index (χ0n) is 17.8. The number of carbonyl (C=O) groups excluding carboxylic acids is 1. The third kappa shape index (κ3) is 3.98. The van der Waals surface area contributed by atoms with Crippen molar-refractivity contribution < 1.29 is 9.32 Å². The highest BCUT2D eigenvalue weighted by molar-refractivity contribution is 7.99. The Hall–Kier alpha value is -2.91. The minimum atomic E-state index is -0.239. The lowest BCUT2D eigenvalue weighted by molar-refractivity contribution is -0.113. The molecule has 1 aliphatic carbocycles. The maximum atomic E-state index is 13.7. The molecule has 9 heteroatoms. The summed E-state index contributed by atoms with van der Waals surface area (Å²) in [5.74, 6) is 1.46. The van der Waals surface area contributed by atoms with Crippen LogP contribution < -0.4 is 10.9 Å². The van der Waals surface area contributed by atoms with Gasteiger partial charge in [0.05, 0.1) is 16.8 Å². The van der Waals surface area contributed by atoms with Crippen LogP contribution in [0.2, 0.25) is 0 Å². The molecule has 0 fully saturated rings. The Labute approximate surface area is 192 Å². The van der Waals surface area contributed by atoms with Gasteiger partial charge in [-0.05, 0) is 49.8 Å². The highest BCUT2D eigenvalue weighted by atomic mass is 32.2. The van der Waals surface area contributed by atoms with Crippen molar-refractivity contribution in [2.24, 2.45) is 5.92 Å². The van der Waals surface area contributed by atoms with Gasteiger partial charge >= 0.3 is 0 Å². The molecular formula is C23H22N4O3S2. The van der Waals surface area contributed by atoms with E-state index in [0.717, 1.165) is 40.7 Å². The van der Waals surface area contributed by atoms with Crippen molar-refractivity contribution >= 4 is 45.0 Å². The number of hydrogen-bond acceptors (Lipinski definition) is 7. The van der Waals surface area contributed by atoms with E-state index >= 15 is 0 Å². The molecule has 3 aromatic heterocycles. The normalized spacial score (nSPS) is 15.6. The lowest BCUT2D eigenvalue weighted by Gasteiger charge is -2.17. The zero-order chi connectivity index (χ0) is 22.2. The van der Waals surface area contributed by atoms with Crippen LogP contribution in [0.25, 0.3) is 15.9 Å². The molecule has 0 saturated heterocycles. The number of aromatic nitrogens is 3. The standard InChI is InChI=1S/C23H22N4O3S2/c1-13-8-9-16-17(10-13)32-21-20(16)22(29)27(15-6-4-3-5-7-15)23(25-21)31-12-19(28)24-18-11-14(2)30-26-18/h3-7,11,13H,8-10,12H2,1-2H3,(H,24,26,28)/t13-/m1/s1. The largest absolute Gasteiger partial charge is 0.360 e. The number of thiophene rings is 1. The van der Waals surface area contributed by atoms with Gasteiger partial charge in [0.1, 0.15) is 10.6 Å². The molecule has 7 nitrogen and oxygen atoms in total. The summed E-state index contributed by atoms with van der Waals surface area (Å²) in [4.78, 5) is 33.0. The van der Waals surface area contributed by atoms with E-state index in [-0.39, 0.29) is 17.2 Å². The van der Waals surface area contributed by atoms with Crippen molar-refractivity contribution in [1.82, 2.24) is 14.7 Å². The van der Waals surface area contributed by atoms with Crippen LogP contribution in [0, 0.1) is 12.8 Å². The Morgan fingerprint density at radius 2 is 2.16 bits per heavy atom. The summed E-state index contributed by atoms with van der Waals surface area (Å²) in [5, 5.41) is 7.74. The molecule has 1 aliphatic rings. The Morgan fingerprint density at radius 3 is 2.91 bits per heavy atom. The van der Waals surface area contributed by atoms with Crippen LogP contribution in [0.5, 0.6) is 0 Å². The fraction of sp³-hybridized carbons (Fsp3) is 0.304. The SMILES string of the molecule is Cc1cc(NC(=O)CSc2nc3sc4c(c3c(=O)n2-c2ccccc2)CC[C@@H](C)C4)no1. The number of carbonyl (C=O) groups is 1. The first-order valence-electron chi connectivity index (χ1n) is 10.5. The van der Waals surface area contributed by atoms with Crippen LogP contribution in [0.15, 0.2) is 50.9 Å². The van der Waals surface area contributed by atoms with Gasteiger partial charge in [-0.15, -0.1) is 11.3 Å². The monoisotopic (exact) mass is 466 g/mol. The summed E-state index contributed by atoms with van der Waals surface area (Å²) in [5.41, 5.74) is 1.83. The molecule has 3 heterocycles. The highest BCUT2D eigenvalue weighted by Gasteiger charge is 2.25. The first-order chi connectivity index (χ1) is 15.5. The van der Waals surface area contributed by atoms with E-state index in [1.165, 1.54) is 16.6 Å². The number of thioether (sulfide) groups is 1. The zero-order valence-corrected chi connectivity index (χ0v) is 19.4. The van der Waals surface area contributed by atoms with Crippen molar-refractivity contribution in [3.8, 4) is 5.69 Å². The topological polar surface area (TPSA) is 90.0 Å². The van der Waals surface area contributed by atoms with Crippen LogP contribution in [0.4, 0.5) is 5.82 Å². The number of para-hydroxylation sites is 1. The summed E-state index contributed by atoms with van der Waals surface area (Å²) in [7, 11) is 0. The second-order valence-electron chi connectivity index (χ2n) is 8.06. The Bertz CT molecular complexity index is 1360. The van der Waals surface area contributed by atoms with Gasteiger partial charge < -0.3 is 9.84 Å². The predicted octanol–water partition coefficient (Wildman–Crippen LogP) is 4.60. The van der Waals surface area contributed by atoms with Crippen molar-refractivity contribution in [2.45, 2.75) is 38.3 Å². The quantitative estimate of drug-likeness (QED) is 0.342.